The smallest absolute Gasteiger partial charge is 0.321 e. The summed E-state index contributed by atoms with van der Waals surface area (Å²) in [6.45, 7) is 2.18. The molecule has 0 aliphatic rings. The molecule has 0 fully saturated rings. The molecule has 0 unspecified atom stereocenters. The van der Waals surface area contributed by atoms with Crippen LogP contribution < -0.4 is 10.6 Å². The monoisotopic (exact) mass is 337 g/mol. The molecule has 9 heteroatoms. The summed E-state index contributed by atoms with van der Waals surface area (Å²) >= 11 is 1.11. The van der Waals surface area contributed by atoms with Crippen molar-refractivity contribution in [3.05, 3.63) is 30.1 Å². The second kappa shape index (κ2) is 7.73. The summed E-state index contributed by atoms with van der Waals surface area (Å²) < 4.78 is 15.4. The predicted octanol–water partition coefficient (Wildman–Crippen LogP) is 1.56. The van der Waals surface area contributed by atoms with Gasteiger partial charge in [0.15, 0.2) is 11.0 Å². The standard InChI is InChI=1S/C14H16FN5O2S/c1-3-16-13(22)17-11(21)8-23-14-19-18-12(20(14)2)9-6-4-5-7-10(9)15/h4-7H,3,8H2,1-2H3,(H2,16,17,21,22). The first kappa shape index (κ1) is 16.9. The third kappa shape index (κ3) is 4.28. The molecule has 0 saturated heterocycles. The molecule has 7 nitrogen and oxygen atoms in total. The molecule has 0 spiro atoms. The number of urea groups is 1. The minimum absolute atomic E-state index is 0.000376. The van der Waals surface area contributed by atoms with Gasteiger partial charge < -0.3 is 9.88 Å². The lowest BCUT2D eigenvalue weighted by Gasteiger charge is -2.05. The number of hydrogen-bond acceptors (Lipinski definition) is 5. The van der Waals surface area contributed by atoms with E-state index in [0.29, 0.717) is 23.1 Å². The Labute approximate surface area is 136 Å². The number of rotatable bonds is 5. The highest BCUT2D eigenvalue weighted by Crippen LogP contribution is 2.24. The van der Waals surface area contributed by atoms with Gasteiger partial charge in [-0.15, -0.1) is 10.2 Å². The average molecular weight is 337 g/mol. The van der Waals surface area contributed by atoms with Crippen LogP contribution in [0, 0.1) is 5.82 Å². The van der Waals surface area contributed by atoms with E-state index in [1.54, 1.807) is 36.7 Å². The van der Waals surface area contributed by atoms with Gasteiger partial charge >= 0.3 is 6.03 Å². The van der Waals surface area contributed by atoms with Gasteiger partial charge in [0.05, 0.1) is 11.3 Å². The van der Waals surface area contributed by atoms with Crippen molar-refractivity contribution < 1.29 is 14.0 Å². The molecule has 0 bridgehead atoms. The molecular formula is C14H16FN5O2S. The van der Waals surface area contributed by atoms with Crippen LogP contribution in [0.15, 0.2) is 29.4 Å². The van der Waals surface area contributed by atoms with Gasteiger partial charge in [0.1, 0.15) is 5.82 Å². The van der Waals surface area contributed by atoms with E-state index < -0.39 is 17.8 Å². The lowest BCUT2D eigenvalue weighted by atomic mass is 10.2. The number of imide groups is 1. The van der Waals surface area contributed by atoms with Crippen molar-refractivity contribution in [1.29, 1.82) is 0 Å². The Bertz CT molecular complexity index is 719. The summed E-state index contributed by atoms with van der Waals surface area (Å²) in [7, 11) is 1.69. The maximum Gasteiger partial charge on any atom is 0.321 e. The summed E-state index contributed by atoms with van der Waals surface area (Å²) in [4.78, 5) is 22.9. The molecule has 1 heterocycles. The topological polar surface area (TPSA) is 88.9 Å². The van der Waals surface area contributed by atoms with E-state index >= 15 is 0 Å². The minimum Gasteiger partial charge on any atom is -0.338 e. The van der Waals surface area contributed by atoms with E-state index in [0.717, 1.165) is 11.8 Å². The second-order valence-electron chi connectivity index (χ2n) is 4.54. The van der Waals surface area contributed by atoms with Crippen LogP contribution in [0.5, 0.6) is 0 Å². The number of nitrogens with one attached hydrogen (secondary N) is 2. The Morgan fingerprint density at radius 3 is 2.74 bits per heavy atom. The van der Waals surface area contributed by atoms with Crippen molar-refractivity contribution in [2.45, 2.75) is 12.1 Å². The molecule has 0 aliphatic heterocycles. The van der Waals surface area contributed by atoms with Crippen LogP contribution in [-0.2, 0) is 11.8 Å². The normalized spacial score (nSPS) is 10.4. The van der Waals surface area contributed by atoms with Crippen LogP contribution in [0.1, 0.15) is 6.92 Å². The summed E-state index contributed by atoms with van der Waals surface area (Å²) in [5.41, 5.74) is 0.334. The zero-order valence-electron chi connectivity index (χ0n) is 12.7. The highest BCUT2D eigenvalue weighted by molar-refractivity contribution is 7.99. The Balaban J connectivity index is 2.02. The number of benzene rings is 1. The third-order valence-corrected chi connectivity index (χ3v) is 3.89. The van der Waals surface area contributed by atoms with E-state index in [9.17, 15) is 14.0 Å². The van der Waals surface area contributed by atoms with Gasteiger partial charge in [0.2, 0.25) is 5.91 Å². The molecule has 2 rings (SSSR count). The number of carbonyl (C=O) groups excluding carboxylic acids is 2. The zero-order valence-corrected chi connectivity index (χ0v) is 13.5. The van der Waals surface area contributed by atoms with Gasteiger partial charge in [-0.1, -0.05) is 23.9 Å². The van der Waals surface area contributed by atoms with E-state index in [1.807, 2.05) is 0 Å². The predicted molar refractivity (Wildman–Crippen MR) is 84.3 cm³/mol. The van der Waals surface area contributed by atoms with Crippen molar-refractivity contribution in [2.75, 3.05) is 12.3 Å². The van der Waals surface area contributed by atoms with Crippen LogP contribution in [0.25, 0.3) is 11.4 Å². The maximum absolute atomic E-state index is 13.8. The van der Waals surface area contributed by atoms with E-state index in [-0.39, 0.29) is 5.75 Å². The quantitative estimate of drug-likeness (QED) is 0.808. The second-order valence-corrected chi connectivity index (χ2v) is 5.48. The van der Waals surface area contributed by atoms with Gasteiger partial charge in [-0.25, -0.2) is 9.18 Å². The number of aromatic nitrogens is 3. The summed E-state index contributed by atoms with van der Waals surface area (Å²) in [5, 5.41) is 13.0. The van der Waals surface area contributed by atoms with Gasteiger partial charge in [0.25, 0.3) is 0 Å². The third-order valence-electron chi connectivity index (χ3n) is 2.87. The van der Waals surface area contributed by atoms with Gasteiger partial charge in [-0.3, -0.25) is 10.1 Å². The lowest BCUT2D eigenvalue weighted by molar-refractivity contribution is -0.117. The summed E-state index contributed by atoms with van der Waals surface area (Å²) in [6, 6.07) is 5.71. The van der Waals surface area contributed by atoms with Crippen LogP contribution in [0.4, 0.5) is 9.18 Å². The number of nitrogens with zero attached hydrogens (tertiary/aromatic N) is 3. The number of carbonyl (C=O) groups is 2. The van der Waals surface area contributed by atoms with Crippen LogP contribution in [0.3, 0.4) is 0 Å². The van der Waals surface area contributed by atoms with Gasteiger partial charge in [-0.05, 0) is 19.1 Å². The fourth-order valence-corrected chi connectivity index (χ4v) is 2.53. The first-order chi connectivity index (χ1) is 11.0. The molecule has 1 aromatic carbocycles. The Morgan fingerprint density at radius 1 is 1.30 bits per heavy atom. The van der Waals surface area contributed by atoms with Crippen molar-refractivity contribution in [1.82, 2.24) is 25.4 Å². The molecular weight excluding hydrogens is 321 g/mol. The van der Waals surface area contributed by atoms with E-state index in [4.69, 9.17) is 0 Å². The van der Waals surface area contributed by atoms with Crippen LogP contribution >= 0.6 is 11.8 Å². The number of hydrogen-bond donors (Lipinski definition) is 2. The molecule has 122 valence electrons. The van der Waals surface area contributed by atoms with Gasteiger partial charge in [0, 0.05) is 13.6 Å². The van der Waals surface area contributed by atoms with E-state index in [1.165, 1.54) is 6.07 Å². The van der Waals surface area contributed by atoms with Crippen LogP contribution in [0.2, 0.25) is 0 Å². The lowest BCUT2D eigenvalue weighted by Crippen LogP contribution is -2.40. The molecule has 2 aromatic rings. The van der Waals surface area contributed by atoms with Crippen molar-refractivity contribution in [3.8, 4) is 11.4 Å². The van der Waals surface area contributed by atoms with E-state index in [2.05, 4.69) is 20.8 Å². The molecule has 0 saturated carbocycles. The Kier molecular flexibility index (Phi) is 5.69. The molecule has 23 heavy (non-hydrogen) atoms. The number of amides is 3. The number of thioether (sulfide) groups is 1. The summed E-state index contributed by atoms with van der Waals surface area (Å²) in [6.07, 6.45) is 0. The Hall–Kier alpha value is -2.42. The fraction of sp³-hybridized carbons (Fsp3) is 0.286. The van der Waals surface area contributed by atoms with Gasteiger partial charge in [-0.2, -0.15) is 0 Å². The molecule has 3 amide bonds. The summed E-state index contributed by atoms with van der Waals surface area (Å²) in [5.74, 6) is -0.472. The largest absolute Gasteiger partial charge is 0.338 e. The fourth-order valence-electron chi connectivity index (χ4n) is 1.82. The minimum atomic E-state index is -0.539. The average Bonchev–Trinajstić information content (AvgIpc) is 2.87. The first-order valence-corrected chi connectivity index (χ1v) is 7.86. The molecule has 0 aliphatic carbocycles. The Morgan fingerprint density at radius 2 is 2.04 bits per heavy atom. The molecule has 0 radical (unpaired) electrons. The maximum atomic E-state index is 13.8. The highest BCUT2D eigenvalue weighted by Gasteiger charge is 2.16. The van der Waals surface area contributed by atoms with Crippen LogP contribution in [-0.4, -0.2) is 39.0 Å². The highest BCUT2D eigenvalue weighted by atomic mass is 32.2. The van der Waals surface area contributed by atoms with Crippen molar-refractivity contribution >= 4 is 23.7 Å². The SMILES string of the molecule is CCNC(=O)NC(=O)CSc1nnc(-c2ccccc2F)n1C. The molecule has 2 N–H and O–H groups in total. The molecule has 0 atom stereocenters. The number of halogens is 1. The van der Waals surface area contributed by atoms with Crippen molar-refractivity contribution in [2.24, 2.45) is 7.05 Å². The molecule has 1 aromatic heterocycles. The zero-order chi connectivity index (χ0) is 16.8. The first-order valence-electron chi connectivity index (χ1n) is 6.87. The van der Waals surface area contributed by atoms with Crippen molar-refractivity contribution in [3.63, 3.8) is 0 Å².